The zero-order valence-corrected chi connectivity index (χ0v) is 12.1. The van der Waals surface area contributed by atoms with Gasteiger partial charge in [0.15, 0.2) is 0 Å². The molecule has 0 saturated heterocycles. The molecule has 0 aliphatic heterocycles. The van der Waals surface area contributed by atoms with Gasteiger partial charge in [0.1, 0.15) is 0 Å². The van der Waals surface area contributed by atoms with Crippen LogP contribution in [0.4, 0.5) is 0 Å². The Morgan fingerprint density at radius 3 is 1.95 bits per heavy atom. The summed E-state index contributed by atoms with van der Waals surface area (Å²) in [5.41, 5.74) is 4.83. The lowest BCUT2D eigenvalue weighted by Gasteiger charge is -2.10. The minimum atomic E-state index is 1.15. The second-order valence-corrected chi connectivity index (χ2v) is 4.16. The predicted molar refractivity (Wildman–Crippen MR) is 89.8 cm³/mol. The molecule has 0 bridgehead atoms. The summed E-state index contributed by atoms with van der Waals surface area (Å²) in [6, 6.07) is 4.25. The number of allylic oxidation sites excluding steroid dienone is 5. The van der Waals surface area contributed by atoms with Crippen molar-refractivity contribution in [3.63, 3.8) is 0 Å². The molecule has 0 aliphatic rings. The topological polar surface area (TPSA) is 0 Å². The minimum absolute atomic E-state index is 1.15. The number of hydrogen-bond acceptors (Lipinski definition) is 0. The first-order valence-corrected chi connectivity index (χ1v) is 6.62. The third-order valence-corrected chi connectivity index (χ3v) is 2.82. The van der Waals surface area contributed by atoms with Gasteiger partial charge in [0.2, 0.25) is 0 Å². The fraction of sp³-hybridized carbons (Fsp3) is 0.158. The average molecular weight is 250 g/mol. The van der Waals surface area contributed by atoms with Crippen molar-refractivity contribution in [1.29, 1.82) is 0 Å². The Labute approximate surface area is 117 Å². The maximum Gasteiger partial charge on any atom is -0.0106 e. The maximum atomic E-state index is 3.90. The molecule has 0 unspecified atom stereocenters. The molecule has 0 heterocycles. The Balaban J connectivity index is 3.51. The smallest absolute Gasteiger partial charge is 0.0106 e. The Bertz CT molecular complexity index is 537. The molecule has 0 radical (unpaired) electrons. The molecule has 0 fully saturated rings. The van der Waals surface area contributed by atoms with Crippen molar-refractivity contribution >= 4 is 24.3 Å². The molecular formula is C19H22. The molecule has 0 aromatic heterocycles. The standard InChI is InChI=1S/C19H22/c1-5-9-10-13-19-16(8-4)14-15-17(11-6-2)18(19)12-7-3/h5-15H,4H2,1-3H3/b9-5-,11-6-,12-7-,13-10-. The lowest BCUT2D eigenvalue weighted by atomic mass is 9.94. The third-order valence-electron chi connectivity index (χ3n) is 2.82. The van der Waals surface area contributed by atoms with Crippen LogP contribution in [-0.4, -0.2) is 0 Å². The summed E-state index contributed by atoms with van der Waals surface area (Å²) in [5, 5.41) is 0. The van der Waals surface area contributed by atoms with Gasteiger partial charge in [0.05, 0.1) is 0 Å². The van der Waals surface area contributed by atoms with Gasteiger partial charge in [-0.2, -0.15) is 0 Å². The van der Waals surface area contributed by atoms with E-state index < -0.39 is 0 Å². The van der Waals surface area contributed by atoms with E-state index in [4.69, 9.17) is 0 Å². The van der Waals surface area contributed by atoms with Crippen molar-refractivity contribution in [3.8, 4) is 0 Å². The molecule has 1 aromatic rings. The zero-order valence-electron chi connectivity index (χ0n) is 12.1. The SMILES string of the molecule is C=Cc1ccc(/C=C\C)c(/C=C\C)c1/C=C\C=C/C. The monoisotopic (exact) mass is 250 g/mol. The Kier molecular flexibility index (Phi) is 6.38. The second-order valence-electron chi connectivity index (χ2n) is 4.16. The fourth-order valence-corrected chi connectivity index (χ4v) is 1.97. The largest absolute Gasteiger partial charge is 0.0984 e. The van der Waals surface area contributed by atoms with Gasteiger partial charge in [-0.15, -0.1) is 0 Å². The van der Waals surface area contributed by atoms with Crippen LogP contribution >= 0.6 is 0 Å². The van der Waals surface area contributed by atoms with Crippen molar-refractivity contribution in [2.45, 2.75) is 20.8 Å². The van der Waals surface area contributed by atoms with Crippen molar-refractivity contribution < 1.29 is 0 Å². The van der Waals surface area contributed by atoms with Gasteiger partial charge >= 0.3 is 0 Å². The summed E-state index contributed by atoms with van der Waals surface area (Å²) >= 11 is 0. The molecule has 1 rings (SSSR count). The van der Waals surface area contributed by atoms with E-state index in [1.165, 1.54) is 16.7 Å². The Morgan fingerprint density at radius 1 is 0.737 bits per heavy atom. The number of rotatable bonds is 5. The summed E-state index contributed by atoms with van der Waals surface area (Å²) in [6.45, 7) is 10.00. The Hall–Kier alpha value is -2.08. The van der Waals surface area contributed by atoms with Crippen LogP contribution in [0.1, 0.15) is 43.0 Å². The highest BCUT2D eigenvalue weighted by Crippen LogP contribution is 2.25. The van der Waals surface area contributed by atoms with Crippen LogP contribution < -0.4 is 0 Å². The van der Waals surface area contributed by atoms with Gasteiger partial charge in [-0.1, -0.05) is 73.4 Å². The van der Waals surface area contributed by atoms with Crippen molar-refractivity contribution in [2.75, 3.05) is 0 Å². The van der Waals surface area contributed by atoms with Gasteiger partial charge in [-0.3, -0.25) is 0 Å². The normalized spacial score (nSPS) is 12.4. The van der Waals surface area contributed by atoms with E-state index in [9.17, 15) is 0 Å². The second kappa shape index (κ2) is 8.10. The number of hydrogen-bond donors (Lipinski definition) is 0. The lowest BCUT2D eigenvalue weighted by Crippen LogP contribution is -1.90. The highest BCUT2D eigenvalue weighted by atomic mass is 14.1. The van der Waals surface area contributed by atoms with Gasteiger partial charge in [-0.05, 0) is 43.0 Å². The average Bonchev–Trinajstić information content (AvgIpc) is 2.42. The van der Waals surface area contributed by atoms with Crippen molar-refractivity contribution in [3.05, 3.63) is 71.3 Å². The van der Waals surface area contributed by atoms with Crippen LogP contribution in [-0.2, 0) is 0 Å². The zero-order chi connectivity index (χ0) is 14.1. The van der Waals surface area contributed by atoms with E-state index in [0.29, 0.717) is 0 Å². The highest BCUT2D eigenvalue weighted by molar-refractivity contribution is 5.79. The minimum Gasteiger partial charge on any atom is -0.0984 e. The van der Waals surface area contributed by atoms with Crippen LogP contribution in [0.25, 0.3) is 24.3 Å². The summed E-state index contributed by atoms with van der Waals surface area (Å²) in [6.07, 6.45) is 18.6. The third kappa shape index (κ3) is 3.96. The van der Waals surface area contributed by atoms with E-state index in [2.05, 4.69) is 55.2 Å². The van der Waals surface area contributed by atoms with Crippen molar-refractivity contribution in [2.24, 2.45) is 0 Å². The fourth-order valence-electron chi connectivity index (χ4n) is 1.97. The lowest BCUT2D eigenvalue weighted by molar-refractivity contribution is 1.53. The van der Waals surface area contributed by atoms with E-state index in [-0.39, 0.29) is 0 Å². The molecule has 1 aromatic carbocycles. The first-order valence-electron chi connectivity index (χ1n) is 6.62. The van der Waals surface area contributed by atoms with Crippen molar-refractivity contribution in [1.82, 2.24) is 0 Å². The van der Waals surface area contributed by atoms with Gasteiger partial charge in [0.25, 0.3) is 0 Å². The van der Waals surface area contributed by atoms with E-state index in [0.717, 1.165) is 5.56 Å². The van der Waals surface area contributed by atoms with Gasteiger partial charge < -0.3 is 0 Å². The highest BCUT2D eigenvalue weighted by Gasteiger charge is 2.05. The first kappa shape index (κ1) is 15.0. The van der Waals surface area contributed by atoms with Crippen LogP contribution in [0.3, 0.4) is 0 Å². The van der Waals surface area contributed by atoms with E-state index in [1.807, 2.05) is 39.0 Å². The molecule has 0 spiro atoms. The summed E-state index contributed by atoms with van der Waals surface area (Å²) in [7, 11) is 0. The van der Waals surface area contributed by atoms with Gasteiger partial charge in [-0.25, -0.2) is 0 Å². The molecule has 0 N–H and O–H groups in total. The van der Waals surface area contributed by atoms with Crippen LogP contribution in [0, 0.1) is 0 Å². The summed E-state index contributed by atoms with van der Waals surface area (Å²) < 4.78 is 0. The molecule has 0 aliphatic carbocycles. The molecule has 19 heavy (non-hydrogen) atoms. The van der Waals surface area contributed by atoms with Crippen LogP contribution in [0.2, 0.25) is 0 Å². The van der Waals surface area contributed by atoms with Gasteiger partial charge in [0, 0.05) is 0 Å². The predicted octanol–water partition coefficient (Wildman–Crippen LogP) is 5.99. The molecule has 0 nitrogen and oxygen atoms in total. The molecular weight excluding hydrogens is 228 g/mol. The quantitative estimate of drug-likeness (QED) is 0.563. The summed E-state index contributed by atoms with van der Waals surface area (Å²) in [4.78, 5) is 0. The number of benzene rings is 1. The van der Waals surface area contributed by atoms with Crippen LogP contribution in [0.15, 0.2) is 49.1 Å². The van der Waals surface area contributed by atoms with E-state index in [1.54, 1.807) is 0 Å². The molecule has 0 amide bonds. The van der Waals surface area contributed by atoms with E-state index >= 15 is 0 Å². The molecule has 0 saturated carbocycles. The van der Waals surface area contributed by atoms with Crippen LogP contribution in [0.5, 0.6) is 0 Å². The first-order chi connectivity index (χ1) is 9.28. The molecule has 0 heteroatoms. The maximum absolute atomic E-state index is 3.90. The molecule has 0 atom stereocenters. The summed E-state index contributed by atoms with van der Waals surface area (Å²) in [5.74, 6) is 0. The molecule has 98 valence electrons. The Morgan fingerprint density at radius 2 is 1.37 bits per heavy atom.